The number of thiazole rings is 1. The lowest BCUT2D eigenvalue weighted by Gasteiger charge is -2.34. The molecule has 38 heavy (non-hydrogen) atoms. The van der Waals surface area contributed by atoms with Crippen LogP contribution < -0.4 is 14.9 Å². The Morgan fingerprint density at radius 2 is 1.71 bits per heavy atom. The van der Waals surface area contributed by atoms with E-state index < -0.39 is 15.8 Å². The van der Waals surface area contributed by atoms with Crippen molar-refractivity contribution in [1.29, 1.82) is 0 Å². The number of anilines is 2. The van der Waals surface area contributed by atoms with Gasteiger partial charge in [0, 0.05) is 55.0 Å². The number of nitrogens with one attached hydrogen (secondary N) is 2. The monoisotopic (exact) mass is 617 g/mol. The molecule has 1 amide bonds. The number of piperazine rings is 1. The van der Waals surface area contributed by atoms with Gasteiger partial charge in [-0.2, -0.15) is 0 Å². The van der Waals surface area contributed by atoms with E-state index in [4.69, 9.17) is 4.98 Å². The van der Waals surface area contributed by atoms with Gasteiger partial charge >= 0.3 is 0 Å². The lowest BCUT2D eigenvalue weighted by molar-refractivity contribution is 0.0948. The highest BCUT2D eigenvalue weighted by molar-refractivity contribution is 9.10. The number of carbonyl (C=O) groups excluding carboxylic acids is 1. The average Bonchev–Trinajstić information content (AvgIpc) is 3.33. The number of sulfonamides is 1. The number of rotatable bonds is 8. The molecule has 1 aliphatic heterocycles. The Kier molecular flexibility index (Phi) is 7.93. The number of halogens is 2. The molecule has 5 rings (SSSR count). The quantitative estimate of drug-likeness (QED) is 0.301. The second kappa shape index (κ2) is 11.4. The summed E-state index contributed by atoms with van der Waals surface area (Å²) in [6, 6.07) is 16.9. The van der Waals surface area contributed by atoms with Gasteiger partial charge in [0.2, 0.25) is 0 Å². The van der Waals surface area contributed by atoms with E-state index in [0.29, 0.717) is 17.8 Å². The Labute approximate surface area is 232 Å². The first kappa shape index (κ1) is 26.5. The molecule has 12 heteroatoms. The fraction of sp³-hybridized carbons (Fsp3) is 0.231. The summed E-state index contributed by atoms with van der Waals surface area (Å²) in [5.41, 5.74) is 1.75. The van der Waals surface area contributed by atoms with Crippen LogP contribution in [0.3, 0.4) is 0 Å². The van der Waals surface area contributed by atoms with Gasteiger partial charge in [0.1, 0.15) is 5.82 Å². The molecule has 8 nitrogen and oxygen atoms in total. The smallest absolute Gasteiger partial charge is 0.261 e. The van der Waals surface area contributed by atoms with Gasteiger partial charge in [-0.15, -0.1) is 0 Å². The molecule has 0 atom stereocenters. The van der Waals surface area contributed by atoms with Crippen molar-refractivity contribution in [3.05, 3.63) is 82.6 Å². The van der Waals surface area contributed by atoms with Crippen LogP contribution in [0.5, 0.6) is 0 Å². The molecule has 1 aliphatic rings. The lowest BCUT2D eigenvalue weighted by atomic mass is 10.2. The summed E-state index contributed by atoms with van der Waals surface area (Å²) in [5, 5.41) is 3.96. The van der Waals surface area contributed by atoms with Crippen molar-refractivity contribution in [2.45, 2.75) is 4.90 Å². The molecule has 0 aliphatic carbocycles. The highest BCUT2D eigenvalue weighted by Gasteiger charge is 2.20. The summed E-state index contributed by atoms with van der Waals surface area (Å²) in [6.07, 6.45) is 0. The average molecular weight is 619 g/mol. The summed E-state index contributed by atoms with van der Waals surface area (Å²) in [7, 11) is -3.85. The number of hydrogen-bond acceptors (Lipinski definition) is 7. The molecule has 2 N–H and O–H groups in total. The van der Waals surface area contributed by atoms with E-state index in [0.717, 1.165) is 64.7 Å². The molecule has 0 unspecified atom stereocenters. The Bertz CT molecular complexity index is 1540. The van der Waals surface area contributed by atoms with Crippen LogP contribution in [-0.4, -0.2) is 63.5 Å². The fourth-order valence-corrected chi connectivity index (χ4v) is 6.76. The number of fused-ring (bicyclic) bond motifs is 1. The van der Waals surface area contributed by atoms with Crippen molar-refractivity contribution in [2.24, 2.45) is 0 Å². The summed E-state index contributed by atoms with van der Waals surface area (Å²) >= 11 is 5.21. The molecular weight excluding hydrogens is 593 g/mol. The van der Waals surface area contributed by atoms with Gasteiger partial charge in [0.15, 0.2) is 5.13 Å². The van der Waals surface area contributed by atoms with Crippen molar-refractivity contribution in [1.82, 2.24) is 15.2 Å². The first-order valence-electron chi connectivity index (χ1n) is 12.0. The maximum atomic E-state index is 13.1. The predicted molar refractivity (Wildman–Crippen MR) is 152 cm³/mol. The van der Waals surface area contributed by atoms with Crippen molar-refractivity contribution in [3.8, 4) is 0 Å². The van der Waals surface area contributed by atoms with Crippen LogP contribution in [0, 0.1) is 5.82 Å². The molecule has 198 valence electrons. The molecule has 0 bridgehead atoms. The van der Waals surface area contributed by atoms with Crippen LogP contribution in [0.2, 0.25) is 0 Å². The van der Waals surface area contributed by atoms with Crippen LogP contribution in [0.15, 0.2) is 76.1 Å². The lowest BCUT2D eigenvalue weighted by Crippen LogP contribution is -2.48. The molecule has 3 aromatic carbocycles. The minimum Gasteiger partial charge on any atom is -0.351 e. The van der Waals surface area contributed by atoms with E-state index in [-0.39, 0.29) is 10.8 Å². The van der Waals surface area contributed by atoms with Gasteiger partial charge < -0.3 is 10.2 Å². The summed E-state index contributed by atoms with van der Waals surface area (Å²) in [5.74, 6) is -0.739. The number of carbonyl (C=O) groups is 1. The Hall–Kier alpha value is -3.06. The van der Waals surface area contributed by atoms with Gasteiger partial charge in [-0.3, -0.25) is 14.4 Å². The first-order valence-corrected chi connectivity index (χ1v) is 15.1. The van der Waals surface area contributed by atoms with E-state index in [1.807, 2.05) is 12.1 Å². The second-order valence-corrected chi connectivity index (χ2v) is 12.4. The SMILES string of the molecule is O=C(NCCN1CCN(c2nc3ccc(Br)cc3s2)CC1)c1ccc(NS(=O)(=O)c2ccc(F)cc2)cc1. The van der Waals surface area contributed by atoms with E-state index in [2.05, 4.69) is 41.8 Å². The molecule has 2 heterocycles. The van der Waals surface area contributed by atoms with Gasteiger partial charge in [-0.05, 0) is 66.7 Å². The standard InChI is InChI=1S/C26H25BrFN5O3S2/c27-19-3-10-23-24(17-19)37-26(30-23)33-15-13-32(14-16-33)12-11-29-25(34)18-1-6-21(7-2-18)31-38(35,36)22-8-4-20(28)5-9-22/h1-10,17,31H,11-16H2,(H,29,34). The third kappa shape index (κ3) is 6.32. The van der Waals surface area contributed by atoms with E-state index in [9.17, 15) is 17.6 Å². The fourth-order valence-electron chi connectivity index (χ4n) is 4.13. The molecule has 0 saturated carbocycles. The van der Waals surface area contributed by atoms with Gasteiger partial charge in [0.25, 0.3) is 15.9 Å². The zero-order valence-corrected chi connectivity index (χ0v) is 23.5. The zero-order chi connectivity index (χ0) is 26.7. The molecule has 4 aromatic rings. The number of amides is 1. The van der Waals surface area contributed by atoms with Crippen molar-refractivity contribution < 1.29 is 17.6 Å². The largest absolute Gasteiger partial charge is 0.351 e. The Morgan fingerprint density at radius 1 is 1.00 bits per heavy atom. The predicted octanol–water partition coefficient (Wildman–Crippen LogP) is 4.55. The highest BCUT2D eigenvalue weighted by Crippen LogP contribution is 2.31. The van der Waals surface area contributed by atoms with Crippen LogP contribution in [0.1, 0.15) is 10.4 Å². The summed E-state index contributed by atoms with van der Waals surface area (Å²) in [4.78, 5) is 21.9. The zero-order valence-electron chi connectivity index (χ0n) is 20.2. The van der Waals surface area contributed by atoms with E-state index in [1.54, 1.807) is 23.5 Å². The Morgan fingerprint density at radius 3 is 2.42 bits per heavy atom. The van der Waals surface area contributed by atoms with Gasteiger partial charge in [-0.1, -0.05) is 27.3 Å². The second-order valence-electron chi connectivity index (χ2n) is 8.83. The number of hydrogen-bond donors (Lipinski definition) is 2. The van der Waals surface area contributed by atoms with E-state index in [1.165, 1.54) is 24.3 Å². The topological polar surface area (TPSA) is 94.6 Å². The van der Waals surface area contributed by atoms with Gasteiger partial charge in [0.05, 0.1) is 15.1 Å². The van der Waals surface area contributed by atoms with Crippen LogP contribution in [-0.2, 0) is 10.0 Å². The Balaban J connectivity index is 1.07. The minimum absolute atomic E-state index is 0.0464. The minimum atomic E-state index is -3.85. The maximum Gasteiger partial charge on any atom is 0.261 e. The number of benzene rings is 3. The third-order valence-electron chi connectivity index (χ3n) is 6.22. The van der Waals surface area contributed by atoms with Crippen LogP contribution in [0.25, 0.3) is 10.2 Å². The van der Waals surface area contributed by atoms with Crippen LogP contribution >= 0.6 is 27.3 Å². The van der Waals surface area contributed by atoms with Gasteiger partial charge in [-0.25, -0.2) is 17.8 Å². The maximum absolute atomic E-state index is 13.1. The molecule has 0 spiro atoms. The number of aromatic nitrogens is 1. The summed E-state index contributed by atoms with van der Waals surface area (Å²) in [6.45, 7) is 4.78. The van der Waals surface area contributed by atoms with Crippen LogP contribution in [0.4, 0.5) is 15.2 Å². The van der Waals surface area contributed by atoms with E-state index >= 15 is 0 Å². The molecular formula is C26H25BrFN5O3S2. The first-order chi connectivity index (χ1) is 18.3. The van der Waals surface area contributed by atoms with Crippen molar-refractivity contribution >= 4 is 64.2 Å². The number of nitrogens with zero attached hydrogens (tertiary/aromatic N) is 3. The molecule has 1 saturated heterocycles. The van der Waals surface area contributed by atoms with Crippen molar-refractivity contribution in [2.75, 3.05) is 48.9 Å². The normalized spacial score (nSPS) is 14.5. The summed E-state index contributed by atoms with van der Waals surface area (Å²) < 4.78 is 42.6. The molecule has 1 fully saturated rings. The molecule has 1 aromatic heterocycles. The third-order valence-corrected chi connectivity index (χ3v) is 9.19. The van der Waals surface area contributed by atoms with Crippen molar-refractivity contribution in [3.63, 3.8) is 0 Å². The highest BCUT2D eigenvalue weighted by atomic mass is 79.9. The molecule has 0 radical (unpaired) electrons.